The van der Waals surface area contributed by atoms with E-state index >= 15 is 0 Å². The molecule has 0 radical (unpaired) electrons. The first-order valence-electron chi connectivity index (χ1n) is 7.01. The minimum atomic E-state index is -0.134. The largest absolute Gasteiger partial charge is 0.366 e. The predicted octanol–water partition coefficient (Wildman–Crippen LogP) is 3.44. The zero-order valence-corrected chi connectivity index (χ0v) is 11.2. The smallest absolute Gasteiger partial charge is 0.146 e. The fourth-order valence-electron chi connectivity index (χ4n) is 2.93. The van der Waals surface area contributed by atoms with Crippen molar-refractivity contribution in [2.75, 3.05) is 11.4 Å². The summed E-state index contributed by atoms with van der Waals surface area (Å²) in [6.45, 7) is 3.36. The van der Waals surface area contributed by atoms with E-state index in [1.807, 2.05) is 12.1 Å². The van der Waals surface area contributed by atoms with Crippen LogP contribution >= 0.6 is 0 Å². The minimum absolute atomic E-state index is 0.134. The lowest BCUT2D eigenvalue weighted by Crippen LogP contribution is -2.37. The van der Waals surface area contributed by atoms with Gasteiger partial charge in [-0.2, -0.15) is 0 Å². The molecule has 0 aromatic heterocycles. The Balaban J connectivity index is 2.20. The van der Waals surface area contributed by atoms with Crippen molar-refractivity contribution in [2.24, 2.45) is 5.73 Å². The van der Waals surface area contributed by atoms with E-state index in [1.54, 1.807) is 6.07 Å². The zero-order chi connectivity index (χ0) is 13.0. The van der Waals surface area contributed by atoms with Crippen LogP contribution in [0.5, 0.6) is 0 Å². The molecule has 18 heavy (non-hydrogen) atoms. The van der Waals surface area contributed by atoms with E-state index in [4.69, 9.17) is 5.73 Å². The van der Waals surface area contributed by atoms with Crippen LogP contribution in [-0.4, -0.2) is 12.6 Å². The van der Waals surface area contributed by atoms with Gasteiger partial charge in [0.25, 0.3) is 0 Å². The molecule has 0 atom stereocenters. The lowest BCUT2D eigenvalue weighted by Gasteiger charge is -2.35. The summed E-state index contributed by atoms with van der Waals surface area (Å²) in [6.07, 6.45) is 6.23. The van der Waals surface area contributed by atoms with Gasteiger partial charge in [-0.25, -0.2) is 4.39 Å². The van der Waals surface area contributed by atoms with Gasteiger partial charge in [0.05, 0.1) is 5.69 Å². The molecule has 0 bridgehead atoms. The summed E-state index contributed by atoms with van der Waals surface area (Å²) in [5.74, 6) is -0.134. The molecule has 0 spiro atoms. The monoisotopic (exact) mass is 250 g/mol. The molecular formula is C15H23FN2. The SMILES string of the molecule is CCN(c1ccc(CN)cc1F)C1CCCCC1. The standard InChI is InChI=1S/C15H23FN2/c1-2-18(13-6-4-3-5-7-13)15-9-8-12(11-17)10-14(15)16/h8-10,13H,2-7,11,17H2,1H3. The highest BCUT2D eigenvalue weighted by Gasteiger charge is 2.22. The predicted molar refractivity (Wildman–Crippen MR) is 74.2 cm³/mol. The Morgan fingerprint density at radius 2 is 2.00 bits per heavy atom. The first kappa shape index (κ1) is 13.3. The number of nitrogens with zero attached hydrogens (tertiary/aromatic N) is 1. The third kappa shape index (κ3) is 2.83. The molecule has 2 nitrogen and oxygen atoms in total. The molecule has 1 aromatic carbocycles. The van der Waals surface area contributed by atoms with E-state index in [-0.39, 0.29) is 5.82 Å². The number of hydrogen-bond donors (Lipinski definition) is 1. The number of rotatable bonds is 4. The molecule has 100 valence electrons. The lowest BCUT2D eigenvalue weighted by atomic mass is 9.93. The summed E-state index contributed by atoms with van der Waals surface area (Å²) >= 11 is 0. The quantitative estimate of drug-likeness (QED) is 0.887. The van der Waals surface area contributed by atoms with Crippen molar-refractivity contribution in [1.29, 1.82) is 0 Å². The number of nitrogens with two attached hydrogens (primary N) is 1. The highest BCUT2D eigenvalue weighted by atomic mass is 19.1. The summed E-state index contributed by atoms with van der Waals surface area (Å²) in [5, 5.41) is 0. The van der Waals surface area contributed by atoms with E-state index in [0.29, 0.717) is 12.6 Å². The van der Waals surface area contributed by atoms with E-state index < -0.39 is 0 Å². The van der Waals surface area contributed by atoms with Gasteiger partial charge in [0.2, 0.25) is 0 Å². The second kappa shape index (κ2) is 6.19. The number of anilines is 1. The van der Waals surface area contributed by atoms with Crippen molar-refractivity contribution in [3.63, 3.8) is 0 Å². The molecule has 0 aliphatic heterocycles. The fraction of sp³-hybridized carbons (Fsp3) is 0.600. The number of benzene rings is 1. The van der Waals surface area contributed by atoms with Crippen molar-refractivity contribution >= 4 is 5.69 Å². The maximum absolute atomic E-state index is 14.1. The van der Waals surface area contributed by atoms with Crippen molar-refractivity contribution in [3.05, 3.63) is 29.6 Å². The van der Waals surface area contributed by atoms with Crippen LogP contribution in [-0.2, 0) is 6.54 Å². The maximum atomic E-state index is 14.1. The van der Waals surface area contributed by atoms with Gasteiger partial charge in [0.15, 0.2) is 0 Å². The summed E-state index contributed by atoms with van der Waals surface area (Å²) in [6, 6.07) is 5.89. The van der Waals surface area contributed by atoms with Crippen molar-refractivity contribution in [1.82, 2.24) is 0 Å². The Hall–Kier alpha value is -1.09. The zero-order valence-electron chi connectivity index (χ0n) is 11.2. The average molecular weight is 250 g/mol. The molecule has 1 aliphatic rings. The number of hydrogen-bond acceptors (Lipinski definition) is 2. The Kier molecular flexibility index (Phi) is 4.59. The van der Waals surface area contributed by atoms with Crippen LogP contribution in [0.1, 0.15) is 44.6 Å². The highest BCUT2D eigenvalue weighted by Crippen LogP contribution is 2.29. The third-order valence-corrected chi connectivity index (χ3v) is 3.91. The summed E-state index contributed by atoms with van der Waals surface area (Å²) in [4.78, 5) is 2.22. The van der Waals surface area contributed by atoms with Crippen LogP contribution in [0.15, 0.2) is 18.2 Å². The maximum Gasteiger partial charge on any atom is 0.146 e. The van der Waals surface area contributed by atoms with Crippen molar-refractivity contribution in [2.45, 2.75) is 51.6 Å². The Bertz CT molecular complexity index is 386. The molecule has 1 aliphatic carbocycles. The number of halogens is 1. The van der Waals surface area contributed by atoms with Gasteiger partial charge < -0.3 is 10.6 Å². The van der Waals surface area contributed by atoms with Crippen molar-refractivity contribution in [3.8, 4) is 0 Å². The molecular weight excluding hydrogens is 227 g/mol. The van der Waals surface area contributed by atoms with Crippen molar-refractivity contribution < 1.29 is 4.39 Å². The van der Waals surface area contributed by atoms with Gasteiger partial charge in [-0.3, -0.25) is 0 Å². The van der Waals surface area contributed by atoms with Gasteiger partial charge in [-0.1, -0.05) is 25.3 Å². The molecule has 1 saturated carbocycles. The Labute approximate surface area is 109 Å². The van der Waals surface area contributed by atoms with Crippen LogP contribution < -0.4 is 10.6 Å². The van der Waals surface area contributed by atoms with Gasteiger partial charge >= 0.3 is 0 Å². The Morgan fingerprint density at radius 3 is 2.56 bits per heavy atom. The topological polar surface area (TPSA) is 29.3 Å². The summed E-state index contributed by atoms with van der Waals surface area (Å²) < 4.78 is 14.1. The lowest BCUT2D eigenvalue weighted by molar-refractivity contribution is 0.414. The molecule has 1 aromatic rings. The van der Waals surface area contributed by atoms with Gasteiger partial charge in [-0.15, -0.1) is 0 Å². The van der Waals surface area contributed by atoms with Crippen LogP contribution in [0.25, 0.3) is 0 Å². The second-order valence-corrected chi connectivity index (χ2v) is 5.07. The fourth-order valence-corrected chi connectivity index (χ4v) is 2.93. The second-order valence-electron chi connectivity index (χ2n) is 5.07. The molecule has 0 amide bonds. The van der Waals surface area contributed by atoms with E-state index in [0.717, 1.165) is 17.8 Å². The van der Waals surface area contributed by atoms with Gasteiger partial charge in [0, 0.05) is 19.1 Å². The molecule has 1 fully saturated rings. The van der Waals surface area contributed by atoms with E-state index in [1.165, 1.54) is 32.1 Å². The van der Waals surface area contributed by atoms with Crippen LogP contribution in [0.2, 0.25) is 0 Å². The first-order chi connectivity index (χ1) is 8.76. The average Bonchev–Trinajstić information content (AvgIpc) is 2.42. The first-order valence-corrected chi connectivity index (χ1v) is 7.01. The van der Waals surface area contributed by atoms with Crippen LogP contribution in [0.4, 0.5) is 10.1 Å². The molecule has 3 heteroatoms. The highest BCUT2D eigenvalue weighted by molar-refractivity contribution is 5.50. The normalized spacial score (nSPS) is 16.8. The molecule has 2 N–H and O–H groups in total. The van der Waals surface area contributed by atoms with E-state index in [9.17, 15) is 4.39 Å². The molecule has 2 rings (SSSR count). The van der Waals surface area contributed by atoms with Gasteiger partial charge in [-0.05, 0) is 37.5 Å². The van der Waals surface area contributed by atoms with Crippen LogP contribution in [0, 0.1) is 5.82 Å². The molecule has 0 unspecified atom stereocenters. The molecule has 0 heterocycles. The molecule has 0 saturated heterocycles. The van der Waals surface area contributed by atoms with Crippen LogP contribution in [0.3, 0.4) is 0 Å². The Morgan fingerprint density at radius 1 is 1.28 bits per heavy atom. The van der Waals surface area contributed by atoms with Gasteiger partial charge in [0.1, 0.15) is 5.82 Å². The summed E-state index contributed by atoms with van der Waals surface area (Å²) in [7, 11) is 0. The minimum Gasteiger partial charge on any atom is -0.366 e. The third-order valence-electron chi connectivity index (χ3n) is 3.91. The van der Waals surface area contributed by atoms with E-state index in [2.05, 4.69) is 11.8 Å². The summed E-state index contributed by atoms with van der Waals surface area (Å²) in [5.41, 5.74) is 7.13.